The maximum atomic E-state index is 13.9. The van der Waals surface area contributed by atoms with E-state index in [0.717, 1.165) is 6.42 Å². The summed E-state index contributed by atoms with van der Waals surface area (Å²) in [6, 6.07) is -0.0899. The average molecular weight is 334 g/mol. The molecule has 5 nitrogen and oxygen atoms in total. The van der Waals surface area contributed by atoms with Gasteiger partial charge in [0.1, 0.15) is 11.6 Å². The van der Waals surface area contributed by atoms with E-state index in [0.29, 0.717) is 51.1 Å². The van der Waals surface area contributed by atoms with Gasteiger partial charge in [0, 0.05) is 18.9 Å². The van der Waals surface area contributed by atoms with Crippen molar-refractivity contribution in [2.75, 3.05) is 26.2 Å². The molecule has 3 saturated heterocycles. The summed E-state index contributed by atoms with van der Waals surface area (Å²) in [5.74, 6) is -0.940. The highest BCUT2D eigenvalue weighted by atomic mass is 19.1. The molecule has 0 bridgehead atoms. The van der Waals surface area contributed by atoms with Crippen molar-refractivity contribution in [1.29, 1.82) is 0 Å². The predicted molar refractivity (Wildman–Crippen MR) is 87.7 cm³/mol. The van der Waals surface area contributed by atoms with Crippen molar-refractivity contribution in [1.82, 2.24) is 10.2 Å². The number of hydrogen-bond acceptors (Lipinski definition) is 4. The fourth-order valence-electron chi connectivity index (χ4n) is 3.72. The van der Waals surface area contributed by atoms with Gasteiger partial charge in [-0.2, -0.15) is 0 Å². The highest BCUT2D eigenvalue weighted by molar-refractivity contribution is 6.01. The Morgan fingerprint density at radius 3 is 2.50 bits per heavy atom. The molecule has 0 saturated carbocycles. The van der Waals surface area contributed by atoms with Gasteiger partial charge in [-0.1, -0.05) is 13.2 Å². The fourth-order valence-corrected chi connectivity index (χ4v) is 3.72. The Kier molecular flexibility index (Phi) is 4.85. The topological polar surface area (TPSA) is 58.6 Å². The number of nitrogens with one attached hydrogen (secondary N) is 1. The summed E-state index contributed by atoms with van der Waals surface area (Å²) in [6.07, 6.45) is 2.63. The Bertz CT molecular complexity index is 618. The number of hydrogen-bond donors (Lipinski definition) is 1. The van der Waals surface area contributed by atoms with Crippen LogP contribution in [0.3, 0.4) is 0 Å². The minimum Gasteiger partial charge on any atom is -0.492 e. The summed E-state index contributed by atoms with van der Waals surface area (Å²) in [7, 11) is 0. The van der Waals surface area contributed by atoms with Crippen molar-refractivity contribution < 1.29 is 18.7 Å². The number of likely N-dealkylation sites (tertiary alicyclic amines) is 1. The Morgan fingerprint density at radius 1 is 1.29 bits per heavy atom. The maximum Gasteiger partial charge on any atom is 0.237 e. The number of Topliss-reactive ketones (excluding diaryl/α,β-unsaturated/α-hetero) is 1. The van der Waals surface area contributed by atoms with Gasteiger partial charge in [-0.15, -0.1) is 0 Å². The van der Waals surface area contributed by atoms with Crippen LogP contribution in [0.25, 0.3) is 0 Å². The molecule has 130 valence electrons. The van der Waals surface area contributed by atoms with E-state index >= 15 is 0 Å². The largest absolute Gasteiger partial charge is 0.492 e. The number of ether oxygens (including phenoxy) is 1. The number of rotatable bonds is 4. The molecule has 1 unspecified atom stereocenters. The molecule has 0 radical (unpaired) electrons. The average Bonchev–Trinajstić information content (AvgIpc) is 3.16. The molecule has 3 fully saturated rings. The Labute approximate surface area is 141 Å². The predicted octanol–water partition coefficient (Wildman–Crippen LogP) is 1.87. The summed E-state index contributed by atoms with van der Waals surface area (Å²) in [5, 5.41) is 2.83. The first-order chi connectivity index (χ1) is 11.5. The van der Waals surface area contributed by atoms with Crippen LogP contribution >= 0.6 is 0 Å². The molecule has 24 heavy (non-hydrogen) atoms. The highest BCUT2D eigenvalue weighted by Gasteiger charge is 2.36. The second-order valence-corrected chi connectivity index (χ2v) is 6.58. The summed E-state index contributed by atoms with van der Waals surface area (Å²) in [4.78, 5) is 26.7. The van der Waals surface area contributed by atoms with Crippen molar-refractivity contribution in [3.05, 3.63) is 35.9 Å². The molecule has 0 spiro atoms. The van der Waals surface area contributed by atoms with Crippen molar-refractivity contribution >= 4 is 11.7 Å². The number of nitrogens with zero attached hydrogens (tertiary/aromatic N) is 1. The van der Waals surface area contributed by atoms with Crippen LogP contribution in [0, 0.1) is 5.92 Å². The third kappa shape index (κ3) is 3.15. The van der Waals surface area contributed by atoms with E-state index < -0.39 is 5.83 Å². The van der Waals surface area contributed by atoms with E-state index in [1.807, 2.05) is 0 Å². The summed E-state index contributed by atoms with van der Waals surface area (Å²) in [5.41, 5.74) is 0.603. The van der Waals surface area contributed by atoms with Crippen LogP contribution in [-0.4, -0.2) is 48.9 Å². The number of halogens is 1. The lowest BCUT2D eigenvalue weighted by atomic mass is 9.86. The van der Waals surface area contributed by atoms with Gasteiger partial charge < -0.3 is 10.1 Å². The van der Waals surface area contributed by atoms with Crippen LogP contribution in [-0.2, 0) is 14.3 Å². The Hall–Kier alpha value is -1.95. The Morgan fingerprint density at radius 2 is 2.00 bits per heavy atom. The zero-order valence-electron chi connectivity index (χ0n) is 13.8. The molecule has 3 heterocycles. The van der Waals surface area contributed by atoms with Crippen LogP contribution in [0.1, 0.15) is 25.7 Å². The Balaban J connectivity index is 1.69. The molecule has 1 N–H and O–H groups in total. The zero-order valence-corrected chi connectivity index (χ0v) is 13.8. The van der Waals surface area contributed by atoms with Crippen molar-refractivity contribution in [2.45, 2.75) is 31.7 Å². The number of carbonyl (C=O) groups is 2. The quantitative estimate of drug-likeness (QED) is 0.798. The lowest BCUT2D eigenvalue weighted by Crippen LogP contribution is -2.46. The molecule has 3 aliphatic rings. The summed E-state index contributed by atoms with van der Waals surface area (Å²) >= 11 is 0. The molecule has 0 aliphatic carbocycles. The van der Waals surface area contributed by atoms with Crippen LogP contribution in [0.5, 0.6) is 0 Å². The maximum absolute atomic E-state index is 13.9. The monoisotopic (exact) mass is 334 g/mol. The number of piperidine rings is 1. The van der Waals surface area contributed by atoms with Crippen LogP contribution in [0.4, 0.5) is 4.39 Å². The third-order valence-corrected chi connectivity index (χ3v) is 5.08. The first-order valence-corrected chi connectivity index (χ1v) is 8.45. The molecule has 0 aromatic heterocycles. The summed E-state index contributed by atoms with van der Waals surface area (Å²) in [6.45, 7) is 9.61. The van der Waals surface area contributed by atoms with Gasteiger partial charge in [-0.05, 0) is 37.9 Å². The molecular weight excluding hydrogens is 311 g/mol. The second-order valence-electron chi connectivity index (χ2n) is 6.58. The standard InChI is InChI=1S/C18H23FN2O3/c1-11-6-10-24-17(11)15(12(2)19)16(22)13-4-8-21(9-5-13)14-3-7-20-18(14)23/h13-14H,1-10H2,(H,20,23)/b17-15-. The lowest BCUT2D eigenvalue weighted by molar-refractivity contribution is -0.125. The smallest absolute Gasteiger partial charge is 0.237 e. The normalized spacial score (nSPS) is 27.8. The van der Waals surface area contributed by atoms with E-state index in [4.69, 9.17) is 4.74 Å². The SMILES string of the molecule is C=C1CCO/C1=C(/C(=C)F)C(=O)C1CCN(C2CCNC2=O)CC1. The van der Waals surface area contributed by atoms with Crippen molar-refractivity contribution in [3.8, 4) is 0 Å². The van der Waals surface area contributed by atoms with Crippen LogP contribution < -0.4 is 5.32 Å². The minimum atomic E-state index is -0.754. The fraction of sp³-hybridized carbons (Fsp3) is 0.556. The van der Waals surface area contributed by atoms with Crippen LogP contribution in [0.2, 0.25) is 0 Å². The molecule has 3 aliphatic heterocycles. The number of carbonyl (C=O) groups excluding carboxylic acids is 2. The second kappa shape index (κ2) is 6.89. The molecular formula is C18H23FN2O3. The lowest BCUT2D eigenvalue weighted by Gasteiger charge is -2.34. The summed E-state index contributed by atoms with van der Waals surface area (Å²) < 4.78 is 19.3. The highest BCUT2D eigenvalue weighted by Crippen LogP contribution is 2.33. The third-order valence-electron chi connectivity index (χ3n) is 5.08. The molecule has 3 rings (SSSR count). The zero-order chi connectivity index (χ0) is 17.3. The van der Waals surface area contributed by atoms with Gasteiger partial charge in [-0.3, -0.25) is 14.5 Å². The van der Waals surface area contributed by atoms with Gasteiger partial charge in [0.25, 0.3) is 0 Å². The van der Waals surface area contributed by atoms with Gasteiger partial charge in [0.2, 0.25) is 5.91 Å². The van der Waals surface area contributed by atoms with E-state index in [2.05, 4.69) is 23.4 Å². The van der Waals surface area contributed by atoms with Gasteiger partial charge in [-0.25, -0.2) is 4.39 Å². The van der Waals surface area contributed by atoms with E-state index in [1.165, 1.54) is 0 Å². The number of allylic oxidation sites excluding steroid dienone is 3. The number of ketones is 1. The molecule has 1 atom stereocenters. The first-order valence-electron chi connectivity index (χ1n) is 8.45. The molecule has 1 amide bonds. The van der Waals surface area contributed by atoms with Crippen molar-refractivity contribution in [3.63, 3.8) is 0 Å². The van der Waals surface area contributed by atoms with E-state index in [1.54, 1.807) is 0 Å². The van der Waals surface area contributed by atoms with Gasteiger partial charge >= 0.3 is 0 Å². The molecule has 6 heteroatoms. The number of amides is 1. The first kappa shape index (κ1) is 16.9. The molecule has 0 aromatic rings. The van der Waals surface area contributed by atoms with E-state index in [-0.39, 0.29) is 35.0 Å². The van der Waals surface area contributed by atoms with Gasteiger partial charge in [0.05, 0.1) is 18.2 Å². The van der Waals surface area contributed by atoms with Crippen molar-refractivity contribution in [2.24, 2.45) is 5.92 Å². The molecule has 0 aromatic carbocycles. The van der Waals surface area contributed by atoms with E-state index in [9.17, 15) is 14.0 Å². The van der Waals surface area contributed by atoms with Gasteiger partial charge in [0.15, 0.2) is 5.78 Å². The van der Waals surface area contributed by atoms with Crippen LogP contribution in [0.15, 0.2) is 35.9 Å². The minimum absolute atomic E-state index is 0.0467.